The molecule has 1 aromatic heterocycles. The van der Waals surface area contributed by atoms with Gasteiger partial charge in [0.2, 0.25) is 6.33 Å². The normalized spacial score (nSPS) is 12.7. The zero-order valence-corrected chi connectivity index (χ0v) is 15.4. The molecule has 0 spiro atoms. The number of carbonyl (C=O) groups is 1. The lowest BCUT2D eigenvalue weighted by Crippen LogP contribution is -2.33. The molecule has 0 amide bonds. The van der Waals surface area contributed by atoms with Crippen LogP contribution in [-0.2, 0) is 36.1 Å². The van der Waals surface area contributed by atoms with Crippen LogP contribution in [0.1, 0.15) is 6.92 Å². The van der Waals surface area contributed by atoms with Crippen LogP contribution < -0.4 is 4.57 Å². The number of hydrogen-bond acceptors (Lipinski definition) is 6. The summed E-state index contributed by atoms with van der Waals surface area (Å²) in [6.07, 6.45) is 5.48. The van der Waals surface area contributed by atoms with Gasteiger partial charge < -0.3 is 8.86 Å². The summed E-state index contributed by atoms with van der Waals surface area (Å²) in [5.74, 6) is -0.337. The third-order valence-corrected chi connectivity index (χ3v) is 5.05. The number of esters is 1. The Morgan fingerprint density at radius 1 is 1.11 bits per heavy atom. The number of imidazole rings is 1. The molecule has 0 aliphatic carbocycles. The molecule has 0 radical (unpaired) electrons. The van der Waals surface area contributed by atoms with Crippen molar-refractivity contribution >= 4 is 26.0 Å². The molecule has 28 heavy (non-hydrogen) atoms. The van der Waals surface area contributed by atoms with E-state index in [1.165, 1.54) is 0 Å². The van der Waals surface area contributed by atoms with E-state index in [9.17, 15) is 48.0 Å². The van der Waals surface area contributed by atoms with Gasteiger partial charge in [-0.3, -0.25) is 4.98 Å². The maximum Gasteiger partial charge on any atom is 0.480 e. The van der Waals surface area contributed by atoms with Crippen LogP contribution in [0.5, 0.6) is 0 Å². The highest BCUT2D eigenvalue weighted by Gasteiger charge is 2.46. The van der Waals surface area contributed by atoms with E-state index in [0.29, 0.717) is 18.7 Å². The highest BCUT2D eigenvalue weighted by molar-refractivity contribution is 8.13. The topological polar surface area (TPSA) is 128 Å². The number of alkyl halides is 6. The molecule has 1 rings (SSSR count). The number of aromatic amines is 1. The number of aromatic nitrogens is 2. The lowest BCUT2D eigenvalue weighted by Gasteiger charge is -2.22. The zero-order chi connectivity index (χ0) is 22.4. The van der Waals surface area contributed by atoms with Gasteiger partial charge in [-0.1, -0.05) is 6.58 Å². The molecule has 1 N–H and O–H groups in total. The minimum Gasteiger partial charge on any atom is -0.458 e. The number of nitrogens with zero attached hydrogens (tertiary/aromatic N) is 2. The Morgan fingerprint density at radius 3 is 1.89 bits per heavy atom. The third-order valence-electron chi connectivity index (χ3n) is 2.31. The van der Waals surface area contributed by atoms with E-state index < -0.39 is 31.1 Å². The fourth-order valence-electron chi connectivity index (χ4n) is 1.04. The van der Waals surface area contributed by atoms with Crippen LogP contribution in [0.15, 0.2) is 30.9 Å². The predicted molar refractivity (Wildman–Crippen MR) is 80.1 cm³/mol. The van der Waals surface area contributed by atoms with E-state index in [0.717, 1.165) is 4.13 Å². The second-order valence-corrected chi connectivity index (χ2v) is 8.10. The predicted octanol–water partition coefficient (Wildman–Crippen LogP) is 1.48. The van der Waals surface area contributed by atoms with Crippen LogP contribution in [-0.4, -0.2) is 45.4 Å². The summed E-state index contributed by atoms with van der Waals surface area (Å²) < 4.78 is 116. The highest BCUT2D eigenvalue weighted by Crippen LogP contribution is 2.36. The first-order chi connectivity index (χ1) is 12.4. The molecule has 0 aliphatic rings. The van der Waals surface area contributed by atoms with Crippen molar-refractivity contribution in [3.05, 3.63) is 35.0 Å². The van der Waals surface area contributed by atoms with Crippen molar-refractivity contribution in [3.8, 4) is 0 Å². The Bertz CT molecular complexity index is 833. The van der Waals surface area contributed by atoms with Gasteiger partial charge in [0, 0.05) is 5.57 Å². The molecule has 0 saturated carbocycles. The molecule has 0 aromatic carbocycles. The van der Waals surface area contributed by atoms with Gasteiger partial charge in [-0.2, -0.15) is 26.3 Å². The Hall–Kier alpha value is -2.14. The molecule has 0 atom stereocenters. The summed E-state index contributed by atoms with van der Waals surface area (Å²) in [6.45, 7) is 6.14. The molecule has 17 heteroatoms. The molecule has 1 aromatic rings. The summed E-state index contributed by atoms with van der Waals surface area (Å²) in [6, 6.07) is 0. The van der Waals surface area contributed by atoms with Gasteiger partial charge in [0.15, 0.2) is 20.0 Å². The molecular formula is C11H13F6N3O6S2. The van der Waals surface area contributed by atoms with E-state index in [1.54, 1.807) is 19.4 Å². The first kappa shape index (κ1) is 25.9. The Morgan fingerprint density at radius 2 is 1.57 bits per heavy atom. The molecule has 0 bridgehead atoms. The first-order valence-electron chi connectivity index (χ1n) is 6.62. The van der Waals surface area contributed by atoms with Gasteiger partial charge in [-0.15, -0.1) is 0 Å². The van der Waals surface area contributed by atoms with E-state index in [1.807, 2.05) is 10.8 Å². The smallest absolute Gasteiger partial charge is 0.458 e. The van der Waals surface area contributed by atoms with Crippen LogP contribution >= 0.6 is 0 Å². The van der Waals surface area contributed by atoms with Crippen LogP contribution in [0.3, 0.4) is 0 Å². The van der Waals surface area contributed by atoms with Gasteiger partial charge >= 0.3 is 17.0 Å². The molecule has 0 saturated heterocycles. The van der Waals surface area contributed by atoms with Crippen molar-refractivity contribution in [2.24, 2.45) is 0 Å². The minimum absolute atomic E-state index is 0.337. The first-order valence-corrected chi connectivity index (χ1v) is 9.50. The average molecular weight is 461 g/mol. The van der Waals surface area contributed by atoms with Gasteiger partial charge in [-0.25, -0.2) is 26.2 Å². The van der Waals surface area contributed by atoms with E-state index >= 15 is 0 Å². The Kier molecular flexibility index (Phi) is 8.66. The maximum absolute atomic E-state index is 11.4. The fraction of sp³-hybridized carbons (Fsp3) is 0.455. The molecule has 1 heterocycles. The summed E-state index contributed by atoms with van der Waals surface area (Å²) in [5, 5.41) is 0. The van der Waals surface area contributed by atoms with E-state index in [2.05, 4.69) is 11.6 Å². The minimum atomic E-state index is -6.72. The molecular weight excluding hydrogens is 448 g/mol. The Labute approximate surface area is 155 Å². The number of ether oxygens (including phenoxy) is 1. The molecule has 9 nitrogen and oxygen atoms in total. The lowest BCUT2D eigenvalue weighted by molar-refractivity contribution is -0.696. The largest absolute Gasteiger partial charge is 0.480 e. The fourth-order valence-corrected chi connectivity index (χ4v) is 2.75. The van der Waals surface area contributed by atoms with Crippen LogP contribution in [0.2, 0.25) is 0 Å². The second kappa shape index (κ2) is 9.37. The van der Waals surface area contributed by atoms with Crippen LogP contribution in [0, 0.1) is 0 Å². The SMILES string of the molecule is C=C(C)C(=O)OCC[n+]1cc[nH]c1.O=S(=O)([N-]S(=O)(=O)C(F)(F)F)C(F)(F)F. The van der Waals surface area contributed by atoms with Gasteiger partial charge in [-0.05, 0) is 6.92 Å². The second-order valence-electron chi connectivity index (χ2n) is 4.68. The molecule has 0 fully saturated rings. The standard InChI is InChI=1S/C9H12N2O2.C2F6NO4S2/c1-8(2)9(12)13-6-5-11-4-3-10-7-11;3-1(4,5)14(10,11)9-15(12,13)2(6,7)8/h3-4,7H,1,5-6H2,2H3;/q;-1/p+1. The number of H-pyrrole nitrogens is 1. The molecule has 0 unspecified atom stereocenters. The van der Waals surface area contributed by atoms with Crippen LogP contribution in [0.4, 0.5) is 26.3 Å². The zero-order valence-electron chi connectivity index (χ0n) is 13.8. The molecule has 162 valence electrons. The summed E-state index contributed by atoms with van der Waals surface area (Å²) >= 11 is 0. The molecule has 0 aliphatic heterocycles. The average Bonchev–Trinajstić information content (AvgIpc) is 2.97. The summed E-state index contributed by atoms with van der Waals surface area (Å²) in [7, 11) is -13.4. The Balaban J connectivity index is 0.000000525. The lowest BCUT2D eigenvalue weighted by atomic mass is 10.4. The number of rotatable bonds is 6. The van der Waals surface area contributed by atoms with Crippen molar-refractivity contribution in [1.29, 1.82) is 0 Å². The number of nitrogens with one attached hydrogen (secondary N) is 1. The van der Waals surface area contributed by atoms with Gasteiger partial charge in [0.25, 0.3) is 0 Å². The van der Waals surface area contributed by atoms with Crippen molar-refractivity contribution in [1.82, 2.24) is 4.98 Å². The quantitative estimate of drug-likeness (QED) is 0.296. The maximum atomic E-state index is 11.4. The third kappa shape index (κ3) is 8.26. The number of sulfonamides is 2. The van der Waals surface area contributed by atoms with Gasteiger partial charge in [0.05, 0.1) is 0 Å². The number of carbonyl (C=O) groups excluding carboxylic acids is 1. The highest BCUT2D eigenvalue weighted by atomic mass is 32.3. The van der Waals surface area contributed by atoms with Crippen molar-refractivity contribution in [2.45, 2.75) is 24.5 Å². The van der Waals surface area contributed by atoms with Crippen LogP contribution in [0.25, 0.3) is 4.13 Å². The summed E-state index contributed by atoms with van der Waals surface area (Å²) in [4.78, 5) is 13.8. The summed E-state index contributed by atoms with van der Waals surface area (Å²) in [5.41, 5.74) is -12.0. The van der Waals surface area contributed by atoms with Crippen molar-refractivity contribution in [3.63, 3.8) is 0 Å². The van der Waals surface area contributed by atoms with Gasteiger partial charge in [0.1, 0.15) is 25.5 Å². The van der Waals surface area contributed by atoms with E-state index in [4.69, 9.17) is 4.74 Å². The number of halogens is 6. The van der Waals surface area contributed by atoms with Crippen molar-refractivity contribution in [2.75, 3.05) is 6.61 Å². The monoisotopic (exact) mass is 461 g/mol. The number of hydrogen-bond donors (Lipinski definition) is 1. The van der Waals surface area contributed by atoms with Crippen molar-refractivity contribution < 1.29 is 57.3 Å². The van der Waals surface area contributed by atoms with E-state index in [-0.39, 0.29) is 5.97 Å².